The van der Waals surface area contributed by atoms with Crippen molar-refractivity contribution in [2.45, 2.75) is 52.1 Å². The van der Waals surface area contributed by atoms with Crippen LogP contribution in [0.4, 0.5) is 8.78 Å². The van der Waals surface area contributed by atoms with Crippen LogP contribution in [0.2, 0.25) is 0 Å². The van der Waals surface area contributed by atoms with Crippen LogP contribution < -0.4 is 5.32 Å². The zero-order chi connectivity index (χ0) is 15.8. The average Bonchev–Trinajstić information content (AvgIpc) is 2.48. The third-order valence-electron chi connectivity index (χ3n) is 4.03. The Morgan fingerprint density at radius 2 is 1.81 bits per heavy atom. The lowest BCUT2D eigenvalue weighted by molar-refractivity contribution is 0.204. The molecule has 0 bridgehead atoms. The highest BCUT2D eigenvalue weighted by atomic mass is 19.2. The third-order valence-corrected chi connectivity index (χ3v) is 4.03. The molecule has 1 unspecified atom stereocenters. The van der Waals surface area contributed by atoms with E-state index in [0.29, 0.717) is 18.2 Å². The summed E-state index contributed by atoms with van der Waals surface area (Å²) in [6.07, 6.45) is 3.07. The second kappa shape index (κ2) is 9.11. The van der Waals surface area contributed by atoms with Crippen molar-refractivity contribution in [3.8, 4) is 0 Å². The summed E-state index contributed by atoms with van der Waals surface area (Å²) in [7, 11) is 2.05. The quantitative estimate of drug-likeness (QED) is 0.737. The number of nitrogens with one attached hydrogen (secondary N) is 1. The van der Waals surface area contributed by atoms with E-state index < -0.39 is 11.6 Å². The fourth-order valence-electron chi connectivity index (χ4n) is 2.73. The van der Waals surface area contributed by atoms with Crippen LogP contribution in [0.1, 0.15) is 51.6 Å². The lowest BCUT2D eigenvalue weighted by Gasteiger charge is -2.31. The molecular weight excluding hydrogens is 270 g/mol. The summed E-state index contributed by atoms with van der Waals surface area (Å²) in [6.45, 7) is 7.84. The molecule has 0 aliphatic carbocycles. The van der Waals surface area contributed by atoms with E-state index in [9.17, 15) is 8.78 Å². The summed E-state index contributed by atoms with van der Waals surface area (Å²) >= 11 is 0. The molecule has 1 N–H and O–H groups in total. The molecule has 0 radical (unpaired) electrons. The van der Waals surface area contributed by atoms with E-state index in [-0.39, 0.29) is 6.04 Å². The molecule has 0 spiro atoms. The lowest BCUT2D eigenvalue weighted by Crippen LogP contribution is -2.39. The van der Waals surface area contributed by atoms with Crippen LogP contribution >= 0.6 is 0 Å². The van der Waals surface area contributed by atoms with Gasteiger partial charge in [0.25, 0.3) is 0 Å². The van der Waals surface area contributed by atoms with Crippen molar-refractivity contribution >= 4 is 0 Å². The van der Waals surface area contributed by atoms with Crippen molar-refractivity contribution in [3.05, 3.63) is 35.4 Å². The Morgan fingerprint density at radius 3 is 2.38 bits per heavy atom. The number of rotatable bonds is 9. The van der Waals surface area contributed by atoms with Gasteiger partial charge in [-0.15, -0.1) is 0 Å². The molecule has 0 heterocycles. The fourth-order valence-corrected chi connectivity index (χ4v) is 2.73. The van der Waals surface area contributed by atoms with Crippen LogP contribution in [0, 0.1) is 11.6 Å². The van der Waals surface area contributed by atoms with Crippen LogP contribution in [0.3, 0.4) is 0 Å². The Bertz CT molecular complexity index is 419. The molecule has 21 heavy (non-hydrogen) atoms. The summed E-state index contributed by atoms with van der Waals surface area (Å²) < 4.78 is 27.5. The van der Waals surface area contributed by atoms with Crippen LogP contribution in [-0.2, 0) is 0 Å². The van der Waals surface area contributed by atoms with Crippen LogP contribution in [0.15, 0.2) is 18.2 Å². The molecule has 2 nitrogen and oxygen atoms in total. The number of hydrogen-bond acceptors (Lipinski definition) is 2. The van der Waals surface area contributed by atoms with Crippen LogP contribution in [-0.4, -0.2) is 31.1 Å². The highest BCUT2D eigenvalue weighted by molar-refractivity contribution is 5.23. The highest BCUT2D eigenvalue weighted by Gasteiger charge is 2.21. The van der Waals surface area contributed by atoms with Gasteiger partial charge in [-0.3, -0.25) is 0 Å². The normalized spacial score (nSPS) is 13.1. The summed E-state index contributed by atoms with van der Waals surface area (Å²) in [6, 6.07) is 4.69. The van der Waals surface area contributed by atoms with Crippen molar-refractivity contribution in [2.24, 2.45) is 0 Å². The molecule has 0 aromatic heterocycles. The van der Waals surface area contributed by atoms with E-state index in [1.165, 1.54) is 6.07 Å². The van der Waals surface area contributed by atoms with Gasteiger partial charge in [-0.2, -0.15) is 0 Å². The first-order valence-electron chi connectivity index (χ1n) is 7.92. The molecule has 0 fully saturated rings. The second-order valence-electron chi connectivity index (χ2n) is 5.56. The summed E-state index contributed by atoms with van der Waals surface area (Å²) in [5.41, 5.74) is 0.418. The minimum atomic E-state index is -0.777. The third kappa shape index (κ3) is 5.04. The Hall–Kier alpha value is -1.00. The average molecular weight is 298 g/mol. The van der Waals surface area contributed by atoms with Crippen molar-refractivity contribution in [3.63, 3.8) is 0 Å². The highest BCUT2D eigenvalue weighted by Crippen LogP contribution is 2.21. The van der Waals surface area contributed by atoms with Gasteiger partial charge in [0.15, 0.2) is 11.6 Å². The van der Waals surface area contributed by atoms with Crippen LogP contribution in [0.5, 0.6) is 0 Å². The maximum Gasteiger partial charge on any atom is 0.163 e. The van der Waals surface area contributed by atoms with Gasteiger partial charge in [0, 0.05) is 24.2 Å². The van der Waals surface area contributed by atoms with Gasteiger partial charge in [-0.1, -0.05) is 32.9 Å². The van der Waals surface area contributed by atoms with Gasteiger partial charge in [-0.05, 0) is 38.9 Å². The van der Waals surface area contributed by atoms with Crippen molar-refractivity contribution in [2.75, 3.05) is 20.1 Å². The lowest BCUT2D eigenvalue weighted by atomic mass is 10.0. The minimum absolute atomic E-state index is 0.189. The molecular formula is C17H28F2N2. The number of halogens is 2. The molecule has 1 aromatic carbocycles. The fraction of sp³-hybridized carbons (Fsp3) is 0.647. The van der Waals surface area contributed by atoms with E-state index in [1.54, 1.807) is 12.1 Å². The second-order valence-corrected chi connectivity index (χ2v) is 5.56. The molecule has 1 atom stereocenters. The zero-order valence-electron chi connectivity index (χ0n) is 13.6. The molecule has 1 rings (SSSR count). The van der Waals surface area contributed by atoms with Crippen molar-refractivity contribution in [1.29, 1.82) is 0 Å². The monoisotopic (exact) mass is 298 g/mol. The molecule has 120 valence electrons. The maximum atomic E-state index is 14.1. The smallest absolute Gasteiger partial charge is 0.163 e. The van der Waals surface area contributed by atoms with Crippen molar-refractivity contribution < 1.29 is 8.78 Å². The molecule has 1 aromatic rings. The first kappa shape index (κ1) is 18.1. The maximum absolute atomic E-state index is 14.1. The molecule has 0 aliphatic rings. The number of hydrogen-bond donors (Lipinski definition) is 1. The summed E-state index contributed by atoms with van der Waals surface area (Å²) in [4.78, 5) is 2.23. The van der Waals surface area contributed by atoms with E-state index in [1.807, 2.05) is 0 Å². The van der Waals surface area contributed by atoms with Gasteiger partial charge in [0.05, 0.1) is 0 Å². The summed E-state index contributed by atoms with van der Waals surface area (Å²) in [5.74, 6) is -1.51. The number of likely N-dealkylation sites (N-methyl/N-ethyl adjacent to an activating group) is 1. The largest absolute Gasteiger partial charge is 0.309 e. The molecule has 0 amide bonds. The Labute approximate surface area is 127 Å². The first-order valence-corrected chi connectivity index (χ1v) is 7.92. The topological polar surface area (TPSA) is 15.3 Å². The first-order chi connectivity index (χ1) is 10.0. The van der Waals surface area contributed by atoms with E-state index >= 15 is 0 Å². The molecule has 0 saturated heterocycles. The minimum Gasteiger partial charge on any atom is -0.309 e. The van der Waals surface area contributed by atoms with Gasteiger partial charge in [0.1, 0.15) is 0 Å². The molecule has 0 aliphatic heterocycles. The number of benzene rings is 1. The van der Waals surface area contributed by atoms with E-state index in [4.69, 9.17) is 0 Å². The van der Waals surface area contributed by atoms with E-state index in [2.05, 4.69) is 38.0 Å². The van der Waals surface area contributed by atoms with Crippen LogP contribution in [0.25, 0.3) is 0 Å². The standard InChI is InChI=1S/C17H28F2N2/c1-5-11-20-16(12-21(4)13(6-2)7-3)14-9-8-10-15(18)17(14)19/h8-10,13,16,20H,5-7,11-12H2,1-4H3. The predicted octanol–water partition coefficient (Wildman–Crippen LogP) is 4.13. The van der Waals surface area contributed by atoms with Crippen molar-refractivity contribution in [1.82, 2.24) is 10.2 Å². The van der Waals surface area contributed by atoms with Gasteiger partial charge in [-0.25, -0.2) is 8.78 Å². The molecule has 4 heteroatoms. The van der Waals surface area contributed by atoms with E-state index in [0.717, 1.165) is 25.8 Å². The zero-order valence-corrected chi connectivity index (χ0v) is 13.6. The van der Waals surface area contributed by atoms with Gasteiger partial charge >= 0.3 is 0 Å². The van der Waals surface area contributed by atoms with Gasteiger partial charge < -0.3 is 10.2 Å². The predicted molar refractivity (Wildman–Crippen MR) is 84.4 cm³/mol. The number of nitrogens with zero attached hydrogens (tertiary/aromatic N) is 1. The Balaban J connectivity index is 2.92. The molecule has 0 saturated carbocycles. The van der Waals surface area contributed by atoms with Gasteiger partial charge in [0.2, 0.25) is 0 Å². The summed E-state index contributed by atoms with van der Waals surface area (Å²) in [5, 5.41) is 3.34. The Morgan fingerprint density at radius 1 is 1.14 bits per heavy atom. The Kier molecular flexibility index (Phi) is 7.83. The SMILES string of the molecule is CCCNC(CN(C)C(CC)CC)c1cccc(F)c1F.